The molecule has 0 saturated heterocycles. The van der Waals surface area contributed by atoms with Gasteiger partial charge < -0.3 is 4.74 Å². The Hall–Kier alpha value is -2.24. The molecule has 0 saturated carbocycles. The van der Waals surface area contributed by atoms with Crippen LogP contribution in [0, 0.1) is 0 Å². The van der Waals surface area contributed by atoms with Gasteiger partial charge in [0.25, 0.3) is 5.91 Å². The minimum absolute atomic E-state index is 0.330. The highest BCUT2D eigenvalue weighted by Gasteiger charge is 2.06. The van der Waals surface area contributed by atoms with Crippen LogP contribution in [0.25, 0.3) is 0 Å². The molecule has 3 aromatic carbocycles. The van der Waals surface area contributed by atoms with E-state index >= 15 is 0 Å². The topological polar surface area (TPSA) is 50.7 Å². The van der Waals surface area contributed by atoms with Gasteiger partial charge >= 0.3 is 0 Å². The first kappa shape index (κ1) is 21.5. The summed E-state index contributed by atoms with van der Waals surface area (Å²) in [6, 6.07) is 17.0. The Morgan fingerprint density at radius 3 is 2.17 bits per heavy atom. The summed E-state index contributed by atoms with van der Waals surface area (Å²) < 4.78 is 5.70. The van der Waals surface area contributed by atoms with E-state index in [1.807, 2.05) is 6.07 Å². The number of nitrogens with zero attached hydrogens (tertiary/aromatic N) is 1. The van der Waals surface area contributed by atoms with Crippen LogP contribution >= 0.6 is 46.4 Å². The number of carbonyl (C=O) groups is 1. The molecule has 1 amide bonds. The summed E-state index contributed by atoms with van der Waals surface area (Å²) in [7, 11) is 0. The maximum atomic E-state index is 12.2. The van der Waals surface area contributed by atoms with Crippen molar-refractivity contribution >= 4 is 58.5 Å². The minimum atomic E-state index is -0.350. The molecule has 3 rings (SSSR count). The van der Waals surface area contributed by atoms with Crippen molar-refractivity contribution < 1.29 is 9.53 Å². The number of benzene rings is 3. The average molecular weight is 468 g/mol. The number of amides is 1. The molecule has 3 aromatic rings. The maximum Gasteiger partial charge on any atom is 0.271 e. The highest BCUT2D eigenvalue weighted by atomic mass is 35.5. The molecule has 0 aliphatic carbocycles. The number of hydrogen-bond acceptors (Lipinski definition) is 3. The largest absolute Gasteiger partial charge is 0.489 e. The van der Waals surface area contributed by atoms with Crippen LogP contribution in [0.5, 0.6) is 5.75 Å². The van der Waals surface area contributed by atoms with Crippen LogP contribution in [0.15, 0.2) is 65.8 Å². The SMILES string of the molecule is O=C(N/N=C\c1ccc(Cl)c(Cl)c1)c1ccc(OCc2ccc(Cl)c(Cl)c2)cc1. The zero-order valence-corrected chi connectivity index (χ0v) is 17.9. The molecule has 0 aromatic heterocycles. The van der Waals surface area contributed by atoms with E-state index in [4.69, 9.17) is 51.1 Å². The molecule has 0 fully saturated rings. The fraction of sp³-hybridized carbons (Fsp3) is 0.0476. The third kappa shape index (κ3) is 6.12. The van der Waals surface area contributed by atoms with E-state index < -0.39 is 0 Å². The van der Waals surface area contributed by atoms with Crippen LogP contribution < -0.4 is 10.2 Å². The van der Waals surface area contributed by atoms with E-state index in [1.54, 1.807) is 54.6 Å². The van der Waals surface area contributed by atoms with Crippen molar-refractivity contribution in [2.45, 2.75) is 6.61 Å². The molecule has 0 unspecified atom stereocenters. The molecular formula is C21H14Cl4N2O2. The van der Waals surface area contributed by atoms with Crippen LogP contribution in [0.4, 0.5) is 0 Å². The molecule has 0 atom stereocenters. The van der Waals surface area contributed by atoms with Crippen molar-refractivity contribution in [1.29, 1.82) is 0 Å². The van der Waals surface area contributed by atoms with Gasteiger partial charge in [0.2, 0.25) is 0 Å². The highest BCUT2D eigenvalue weighted by Crippen LogP contribution is 2.24. The van der Waals surface area contributed by atoms with Gasteiger partial charge in [0.1, 0.15) is 12.4 Å². The summed E-state index contributed by atoms with van der Waals surface area (Å²) in [5.41, 5.74) is 4.50. The van der Waals surface area contributed by atoms with Crippen molar-refractivity contribution in [3.8, 4) is 5.75 Å². The van der Waals surface area contributed by atoms with Gasteiger partial charge in [-0.25, -0.2) is 5.43 Å². The highest BCUT2D eigenvalue weighted by molar-refractivity contribution is 6.42. The summed E-state index contributed by atoms with van der Waals surface area (Å²) in [5, 5.41) is 5.76. The summed E-state index contributed by atoms with van der Waals surface area (Å²) >= 11 is 23.7. The number of carbonyl (C=O) groups excluding carboxylic acids is 1. The van der Waals surface area contributed by atoms with E-state index in [1.165, 1.54) is 6.21 Å². The van der Waals surface area contributed by atoms with Gasteiger partial charge in [-0.3, -0.25) is 4.79 Å². The Morgan fingerprint density at radius 2 is 1.52 bits per heavy atom. The van der Waals surface area contributed by atoms with Crippen LogP contribution in [0.1, 0.15) is 21.5 Å². The Bertz CT molecular complexity index is 1050. The lowest BCUT2D eigenvalue weighted by atomic mass is 10.2. The monoisotopic (exact) mass is 466 g/mol. The molecular weight excluding hydrogens is 454 g/mol. The zero-order valence-electron chi connectivity index (χ0n) is 14.8. The summed E-state index contributed by atoms with van der Waals surface area (Å²) in [5.74, 6) is 0.268. The minimum Gasteiger partial charge on any atom is -0.489 e. The van der Waals surface area contributed by atoms with Crippen molar-refractivity contribution in [1.82, 2.24) is 5.43 Å². The van der Waals surface area contributed by atoms with Crippen LogP contribution in [0.2, 0.25) is 20.1 Å². The molecule has 8 heteroatoms. The number of hydrogen-bond donors (Lipinski definition) is 1. The summed E-state index contributed by atoms with van der Waals surface area (Å²) in [4.78, 5) is 12.2. The van der Waals surface area contributed by atoms with E-state index in [0.29, 0.717) is 43.6 Å². The second-order valence-electron chi connectivity index (χ2n) is 5.93. The van der Waals surface area contributed by atoms with Gasteiger partial charge in [0.05, 0.1) is 26.3 Å². The zero-order chi connectivity index (χ0) is 20.8. The molecule has 0 aliphatic rings. The predicted molar refractivity (Wildman–Crippen MR) is 119 cm³/mol. The normalized spacial score (nSPS) is 10.9. The second kappa shape index (κ2) is 9.99. The first-order chi connectivity index (χ1) is 13.9. The van der Waals surface area contributed by atoms with Crippen LogP contribution in [-0.2, 0) is 6.61 Å². The number of hydrazone groups is 1. The van der Waals surface area contributed by atoms with Crippen LogP contribution in [0.3, 0.4) is 0 Å². The molecule has 148 valence electrons. The molecule has 0 spiro atoms. The standard InChI is InChI=1S/C21H14Cl4N2O2/c22-17-7-1-13(9-19(17)24)11-26-27-21(28)15-3-5-16(6-4-15)29-12-14-2-8-18(23)20(25)10-14/h1-11H,12H2,(H,27,28)/b26-11-. The lowest BCUT2D eigenvalue weighted by Crippen LogP contribution is -2.17. The molecule has 0 radical (unpaired) electrons. The van der Waals surface area contributed by atoms with Gasteiger partial charge in [-0.2, -0.15) is 5.10 Å². The van der Waals surface area contributed by atoms with E-state index in [0.717, 1.165) is 5.56 Å². The van der Waals surface area contributed by atoms with Crippen molar-refractivity contribution in [2.24, 2.45) is 5.10 Å². The summed E-state index contributed by atoms with van der Waals surface area (Å²) in [6.07, 6.45) is 1.48. The molecule has 4 nitrogen and oxygen atoms in total. The van der Waals surface area contributed by atoms with Crippen molar-refractivity contribution in [3.63, 3.8) is 0 Å². The molecule has 0 bridgehead atoms. The van der Waals surface area contributed by atoms with E-state index in [9.17, 15) is 4.79 Å². The van der Waals surface area contributed by atoms with Gasteiger partial charge in [-0.05, 0) is 59.7 Å². The molecule has 0 heterocycles. The molecule has 29 heavy (non-hydrogen) atoms. The maximum absolute atomic E-state index is 12.2. The second-order valence-corrected chi connectivity index (χ2v) is 7.56. The van der Waals surface area contributed by atoms with Gasteiger partial charge in [0.15, 0.2) is 0 Å². The Balaban J connectivity index is 1.54. The smallest absolute Gasteiger partial charge is 0.271 e. The van der Waals surface area contributed by atoms with E-state index in [-0.39, 0.29) is 5.91 Å². The van der Waals surface area contributed by atoms with Gasteiger partial charge in [-0.1, -0.05) is 58.5 Å². The van der Waals surface area contributed by atoms with Crippen molar-refractivity contribution in [3.05, 3.63) is 97.4 Å². The summed E-state index contributed by atoms with van der Waals surface area (Å²) in [6.45, 7) is 0.330. The van der Waals surface area contributed by atoms with Crippen LogP contribution in [-0.4, -0.2) is 12.1 Å². The Kier molecular flexibility index (Phi) is 7.40. The molecule has 1 N–H and O–H groups in total. The lowest BCUT2D eigenvalue weighted by Gasteiger charge is -2.08. The number of rotatable bonds is 6. The average Bonchev–Trinajstić information content (AvgIpc) is 2.72. The Morgan fingerprint density at radius 1 is 0.862 bits per heavy atom. The lowest BCUT2D eigenvalue weighted by molar-refractivity contribution is 0.0955. The number of halogens is 4. The Labute approximate surface area is 188 Å². The van der Waals surface area contributed by atoms with Gasteiger partial charge in [-0.15, -0.1) is 0 Å². The number of nitrogens with one attached hydrogen (secondary N) is 1. The quantitative estimate of drug-likeness (QED) is 0.326. The first-order valence-corrected chi connectivity index (χ1v) is 9.89. The third-order valence-electron chi connectivity index (χ3n) is 3.83. The van der Waals surface area contributed by atoms with E-state index in [2.05, 4.69) is 10.5 Å². The predicted octanol–water partition coefficient (Wildman–Crippen LogP) is 6.64. The molecule has 0 aliphatic heterocycles. The fourth-order valence-electron chi connectivity index (χ4n) is 2.32. The number of ether oxygens (including phenoxy) is 1. The third-order valence-corrected chi connectivity index (χ3v) is 5.31. The van der Waals surface area contributed by atoms with Gasteiger partial charge in [0, 0.05) is 5.56 Å². The fourth-order valence-corrected chi connectivity index (χ4v) is 2.95. The van der Waals surface area contributed by atoms with Crippen molar-refractivity contribution in [2.75, 3.05) is 0 Å². The first-order valence-electron chi connectivity index (χ1n) is 8.37.